The van der Waals surface area contributed by atoms with E-state index in [1.807, 2.05) is 0 Å². The molecule has 0 aromatic heterocycles. The molecule has 2 fully saturated rings. The lowest BCUT2D eigenvalue weighted by Gasteiger charge is -2.22. The number of hydrogen-bond acceptors (Lipinski definition) is 2. The van der Waals surface area contributed by atoms with Crippen molar-refractivity contribution in [2.45, 2.75) is 25.6 Å². The van der Waals surface area contributed by atoms with Crippen molar-refractivity contribution in [3.63, 3.8) is 0 Å². The number of hydrogen-bond donors (Lipinski definition) is 0. The fourth-order valence-electron chi connectivity index (χ4n) is 1.65. The van der Waals surface area contributed by atoms with Crippen LogP contribution >= 0.6 is 0 Å². The molecular formula is C7H9NO. The van der Waals surface area contributed by atoms with Gasteiger partial charge in [-0.3, -0.25) is 0 Å². The highest BCUT2D eigenvalue weighted by Crippen LogP contribution is 2.55. The molecule has 9 heavy (non-hydrogen) atoms. The van der Waals surface area contributed by atoms with E-state index in [1.165, 1.54) is 0 Å². The number of fused-ring (bicyclic) bond motifs is 1. The van der Waals surface area contributed by atoms with Crippen molar-refractivity contribution < 1.29 is 4.74 Å². The molecule has 0 spiro atoms. The van der Waals surface area contributed by atoms with Gasteiger partial charge in [-0.2, -0.15) is 5.26 Å². The predicted octanol–water partition coefficient (Wildman–Crippen LogP) is 0.933. The van der Waals surface area contributed by atoms with Gasteiger partial charge in [-0.05, 0) is 6.42 Å². The molecule has 2 heteroatoms. The van der Waals surface area contributed by atoms with E-state index in [4.69, 9.17) is 10.00 Å². The molecule has 1 saturated carbocycles. The molecule has 2 aliphatic rings. The van der Waals surface area contributed by atoms with Crippen LogP contribution < -0.4 is 0 Å². The van der Waals surface area contributed by atoms with Gasteiger partial charge in [0, 0.05) is 5.92 Å². The average molecular weight is 123 g/mol. The summed E-state index contributed by atoms with van der Waals surface area (Å²) in [5, 5.41) is 8.47. The topological polar surface area (TPSA) is 33.0 Å². The third kappa shape index (κ3) is 0.481. The Hall–Kier alpha value is -0.550. The Morgan fingerprint density at radius 3 is 2.78 bits per heavy atom. The molecule has 0 aromatic carbocycles. The molecule has 0 N–H and O–H groups in total. The van der Waals surface area contributed by atoms with Crippen LogP contribution in [0.1, 0.15) is 13.3 Å². The van der Waals surface area contributed by atoms with Gasteiger partial charge in [0.05, 0.1) is 24.2 Å². The highest BCUT2D eigenvalue weighted by atomic mass is 16.5. The number of rotatable bonds is 1. The first-order chi connectivity index (χ1) is 4.38. The lowest BCUT2D eigenvalue weighted by molar-refractivity contribution is -0.0631. The van der Waals surface area contributed by atoms with Gasteiger partial charge in [-0.15, -0.1) is 0 Å². The largest absolute Gasteiger partial charge is 0.373 e. The molecule has 0 bridgehead atoms. The maximum absolute atomic E-state index is 8.47. The van der Waals surface area contributed by atoms with Crippen molar-refractivity contribution >= 4 is 0 Å². The summed E-state index contributed by atoms with van der Waals surface area (Å²) in [6.07, 6.45) is 1.82. The molecule has 2 rings (SSSR count). The molecule has 0 radical (unpaired) electrons. The van der Waals surface area contributed by atoms with Gasteiger partial charge in [0.15, 0.2) is 0 Å². The maximum Gasteiger partial charge on any atom is 0.0808 e. The van der Waals surface area contributed by atoms with E-state index in [-0.39, 0.29) is 5.92 Å². The van der Waals surface area contributed by atoms with E-state index >= 15 is 0 Å². The Morgan fingerprint density at radius 2 is 2.44 bits per heavy atom. The van der Waals surface area contributed by atoms with Crippen molar-refractivity contribution in [2.75, 3.05) is 0 Å². The Labute approximate surface area is 54.4 Å². The maximum atomic E-state index is 8.47. The van der Waals surface area contributed by atoms with E-state index in [0.717, 1.165) is 6.42 Å². The minimum Gasteiger partial charge on any atom is -0.373 e. The fraction of sp³-hybridized carbons (Fsp3) is 0.857. The van der Waals surface area contributed by atoms with Crippen molar-refractivity contribution in [1.29, 1.82) is 5.26 Å². The summed E-state index contributed by atoms with van der Waals surface area (Å²) in [7, 11) is 0. The molecule has 0 aromatic rings. The predicted molar refractivity (Wildman–Crippen MR) is 31.5 cm³/mol. The Bertz CT molecular complexity index is 172. The fourth-order valence-corrected chi connectivity index (χ4v) is 1.65. The van der Waals surface area contributed by atoms with Crippen molar-refractivity contribution in [1.82, 2.24) is 0 Å². The van der Waals surface area contributed by atoms with Crippen molar-refractivity contribution in [2.24, 2.45) is 11.8 Å². The smallest absolute Gasteiger partial charge is 0.0808 e. The molecule has 1 aliphatic heterocycles. The van der Waals surface area contributed by atoms with Gasteiger partial charge < -0.3 is 4.74 Å². The van der Waals surface area contributed by atoms with E-state index in [1.54, 1.807) is 0 Å². The summed E-state index contributed by atoms with van der Waals surface area (Å²) >= 11 is 0. The normalized spacial score (nSPS) is 52.9. The highest BCUT2D eigenvalue weighted by Gasteiger charge is 2.64. The van der Waals surface area contributed by atoms with Gasteiger partial charge in [-0.25, -0.2) is 0 Å². The first-order valence-electron chi connectivity index (χ1n) is 3.43. The van der Waals surface area contributed by atoms with Crippen molar-refractivity contribution in [3.05, 3.63) is 0 Å². The molecule has 4 atom stereocenters. The number of ether oxygens (including phenoxy) is 1. The van der Waals surface area contributed by atoms with E-state index in [0.29, 0.717) is 18.1 Å². The van der Waals surface area contributed by atoms with Gasteiger partial charge in [0.25, 0.3) is 0 Å². The minimum absolute atomic E-state index is 0.245. The summed E-state index contributed by atoms with van der Waals surface area (Å²) < 4.78 is 5.34. The van der Waals surface area contributed by atoms with Gasteiger partial charge in [0.2, 0.25) is 0 Å². The third-order valence-electron chi connectivity index (χ3n) is 2.32. The van der Waals surface area contributed by atoms with Crippen LogP contribution in [0.4, 0.5) is 0 Å². The summed E-state index contributed by atoms with van der Waals surface area (Å²) in [5.41, 5.74) is 0. The lowest BCUT2D eigenvalue weighted by atomic mass is 10.1. The average Bonchev–Trinajstić information content (AvgIpc) is 2.38. The van der Waals surface area contributed by atoms with Gasteiger partial charge in [-0.1, -0.05) is 6.92 Å². The lowest BCUT2D eigenvalue weighted by Crippen LogP contribution is -2.27. The Morgan fingerprint density at radius 1 is 1.67 bits per heavy atom. The van der Waals surface area contributed by atoms with Crippen LogP contribution in [0, 0.1) is 23.2 Å². The quantitative estimate of drug-likeness (QED) is 0.519. The summed E-state index contributed by atoms with van der Waals surface area (Å²) in [4.78, 5) is 0. The van der Waals surface area contributed by atoms with Crippen molar-refractivity contribution in [3.8, 4) is 6.07 Å². The zero-order chi connectivity index (χ0) is 6.43. The summed E-state index contributed by atoms with van der Waals surface area (Å²) in [6, 6.07) is 2.24. The zero-order valence-electron chi connectivity index (χ0n) is 5.37. The van der Waals surface area contributed by atoms with Crippen LogP contribution in [-0.2, 0) is 4.74 Å². The standard InChI is InChI=1S/C7H9NO/c1-2-5-6-4(3-8)7(6)9-5/h4-7H,2H2,1H3/t4-,5+,6?,7?/m0/s1. The molecule has 1 saturated heterocycles. The van der Waals surface area contributed by atoms with Gasteiger partial charge in [0.1, 0.15) is 0 Å². The van der Waals surface area contributed by atoms with Crippen LogP contribution in [0.3, 0.4) is 0 Å². The Balaban J connectivity index is 1.95. The molecule has 1 heterocycles. The molecule has 1 aliphatic carbocycles. The first kappa shape index (κ1) is 5.25. The van der Waals surface area contributed by atoms with Gasteiger partial charge >= 0.3 is 0 Å². The SMILES string of the molecule is CC[C@H]1OC2C1[C@@H]2C#N. The molecular weight excluding hydrogens is 114 g/mol. The minimum atomic E-state index is 0.245. The van der Waals surface area contributed by atoms with Crippen LogP contribution in [0.25, 0.3) is 0 Å². The van der Waals surface area contributed by atoms with Crippen LogP contribution in [0.2, 0.25) is 0 Å². The first-order valence-corrected chi connectivity index (χ1v) is 3.43. The Kier molecular flexibility index (Phi) is 0.866. The monoisotopic (exact) mass is 123 g/mol. The zero-order valence-corrected chi connectivity index (χ0v) is 5.37. The number of nitriles is 1. The second-order valence-corrected chi connectivity index (χ2v) is 2.78. The van der Waals surface area contributed by atoms with E-state index in [9.17, 15) is 0 Å². The summed E-state index contributed by atoms with van der Waals surface area (Å²) in [6.45, 7) is 2.10. The third-order valence-corrected chi connectivity index (χ3v) is 2.32. The second-order valence-electron chi connectivity index (χ2n) is 2.78. The molecule has 2 unspecified atom stereocenters. The van der Waals surface area contributed by atoms with E-state index < -0.39 is 0 Å². The molecule has 2 nitrogen and oxygen atoms in total. The second kappa shape index (κ2) is 1.48. The van der Waals surface area contributed by atoms with Crippen LogP contribution in [0.5, 0.6) is 0 Å². The number of nitrogens with zero attached hydrogens (tertiary/aromatic N) is 1. The summed E-state index contributed by atoms with van der Waals surface area (Å²) in [5.74, 6) is 0.856. The van der Waals surface area contributed by atoms with Crippen LogP contribution in [0.15, 0.2) is 0 Å². The molecule has 0 amide bonds. The van der Waals surface area contributed by atoms with Crippen LogP contribution in [-0.4, -0.2) is 12.2 Å². The van der Waals surface area contributed by atoms with E-state index in [2.05, 4.69) is 13.0 Å². The highest BCUT2D eigenvalue weighted by molar-refractivity contribution is 5.19. The molecule has 48 valence electrons.